The maximum atomic E-state index is 5.28. The van der Waals surface area contributed by atoms with Crippen LogP contribution in [0.25, 0.3) is 0 Å². The molecule has 0 saturated carbocycles. The van der Waals surface area contributed by atoms with E-state index in [4.69, 9.17) is 9.47 Å². The van der Waals surface area contributed by atoms with Crippen LogP contribution >= 0.6 is 0 Å². The molecule has 0 spiro atoms. The number of nitrogens with one attached hydrogen (secondary N) is 1. The predicted octanol–water partition coefficient (Wildman–Crippen LogP) is 5.99. The number of unbranched alkanes of at least 4 members (excludes halogenated alkanes) is 3. The zero-order chi connectivity index (χ0) is 19.1. The topological polar surface area (TPSA) is 30.5 Å². The van der Waals surface area contributed by atoms with E-state index in [1.165, 1.54) is 44.6 Å². The lowest BCUT2D eigenvalue weighted by atomic mass is 10.0. The average molecular weight is 372 g/mol. The Morgan fingerprint density at radius 3 is 2.20 bits per heavy atom. The van der Waals surface area contributed by atoms with Crippen LogP contribution in [0.1, 0.15) is 65.2 Å². The van der Waals surface area contributed by atoms with Crippen molar-refractivity contribution in [2.75, 3.05) is 20.8 Å². The summed E-state index contributed by atoms with van der Waals surface area (Å²) in [5, 5.41) is 3.81. The average Bonchev–Trinajstić information content (AvgIpc) is 2.56. The number of hydrogen-bond donors (Lipinski definition) is 1. The summed E-state index contributed by atoms with van der Waals surface area (Å²) in [6, 6.07) is 1.94. The van der Waals surface area contributed by atoms with E-state index in [1.807, 2.05) is 0 Å². The minimum absolute atomic E-state index is 0.0669. The van der Waals surface area contributed by atoms with Crippen molar-refractivity contribution >= 4 is 8.07 Å². The van der Waals surface area contributed by atoms with Crippen LogP contribution in [0.2, 0.25) is 25.7 Å². The highest BCUT2D eigenvalue weighted by Crippen LogP contribution is 2.22. The van der Waals surface area contributed by atoms with Crippen molar-refractivity contribution in [1.29, 1.82) is 0 Å². The summed E-state index contributed by atoms with van der Waals surface area (Å²) in [6.45, 7) is 12.9. The first kappa shape index (κ1) is 24.8. The zero-order valence-electron chi connectivity index (χ0n) is 18.1. The molecule has 0 rings (SSSR count). The highest BCUT2D eigenvalue weighted by molar-refractivity contribution is 6.76. The first-order valence-electron chi connectivity index (χ1n) is 10.3. The van der Waals surface area contributed by atoms with Gasteiger partial charge in [0.05, 0.1) is 0 Å². The SMILES string of the molecule is C/C=C(\CC(CCCCCC)NCCCC(OC)OC)C[Si](C)(C)C. The molecule has 0 aromatic carbocycles. The number of hydrogen-bond acceptors (Lipinski definition) is 3. The molecule has 0 aromatic heterocycles. The lowest BCUT2D eigenvalue weighted by molar-refractivity contribution is -0.106. The molecule has 0 aliphatic rings. The summed E-state index contributed by atoms with van der Waals surface area (Å²) in [5.74, 6) is 0. The van der Waals surface area contributed by atoms with Gasteiger partial charge < -0.3 is 14.8 Å². The number of methoxy groups -OCH3 is 2. The van der Waals surface area contributed by atoms with E-state index in [0.29, 0.717) is 6.04 Å². The lowest BCUT2D eigenvalue weighted by Crippen LogP contribution is -2.32. The molecule has 0 amide bonds. The molecule has 0 aromatic rings. The van der Waals surface area contributed by atoms with Crippen molar-refractivity contribution in [3.05, 3.63) is 11.6 Å². The monoisotopic (exact) mass is 371 g/mol. The number of allylic oxidation sites excluding steroid dienone is 1. The summed E-state index contributed by atoms with van der Waals surface area (Å²) < 4.78 is 10.6. The molecule has 1 N–H and O–H groups in total. The third-order valence-electron chi connectivity index (χ3n) is 4.66. The molecule has 0 bridgehead atoms. The van der Waals surface area contributed by atoms with Crippen LogP contribution in [0.3, 0.4) is 0 Å². The van der Waals surface area contributed by atoms with E-state index in [-0.39, 0.29) is 6.29 Å². The van der Waals surface area contributed by atoms with E-state index in [2.05, 4.69) is 44.9 Å². The van der Waals surface area contributed by atoms with Gasteiger partial charge in [0.15, 0.2) is 6.29 Å². The molecule has 0 fully saturated rings. The van der Waals surface area contributed by atoms with Crippen molar-refractivity contribution in [2.24, 2.45) is 0 Å². The Hall–Kier alpha value is -0.163. The molecule has 4 heteroatoms. The number of rotatable bonds is 16. The second kappa shape index (κ2) is 14.9. The molecular formula is C21H45NO2Si. The normalized spacial score (nSPS) is 14.3. The van der Waals surface area contributed by atoms with Crippen LogP contribution in [0.15, 0.2) is 11.6 Å². The molecule has 1 atom stereocenters. The van der Waals surface area contributed by atoms with E-state index in [9.17, 15) is 0 Å². The quantitative estimate of drug-likeness (QED) is 0.156. The standard InChI is InChI=1S/C21H45NO2Si/c1-8-10-11-12-14-20(17-19(9-2)18-25(5,6)7)22-16-13-15-21(23-3)24-4/h9,20-22H,8,10-18H2,1-7H3/b19-9+. The Morgan fingerprint density at radius 2 is 1.68 bits per heavy atom. The van der Waals surface area contributed by atoms with Gasteiger partial charge in [0.1, 0.15) is 0 Å². The maximum absolute atomic E-state index is 5.28. The van der Waals surface area contributed by atoms with Crippen molar-refractivity contribution < 1.29 is 9.47 Å². The van der Waals surface area contributed by atoms with E-state index in [1.54, 1.807) is 19.8 Å². The van der Waals surface area contributed by atoms with Gasteiger partial charge in [0.25, 0.3) is 0 Å². The third-order valence-corrected chi connectivity index (χ3v) is 6.17. The van der Waals surface area contributed by atoms with Gasteiger partial charge in [-0.3, -0.25) is 0 Å². The van der Waals surface area contributed by atoms with Gasteiger partial charge in [-0.25, -0.2) is 0 Å². The third kappa shape index (κ3) is 14.7. The van der Waals surface area contributed by atoms with Crippen LogP contribution in [-0.2, 0) is 9.47 Å². The van der Waals surface area contributed by atoms with Crippen molar-refractivity contribution in [3.63, 3.8) is 0 Å². The Bertz CT molecular complexity index is 335. The molecule has 150 valence electrons. The van der Waals surface area contributed by atoms with Gasteiger partial charge in [0.2, 0.25) is 0 Å². The van der Waals surface area contributed by atoms with Crippen LogP contribution in [0, 0.1) is 0 Å². The fourth-order valence-electron chi connectivity index (χ4n) is 3.29. The second-order valence-corrected chi connectivity index (χ2v) is 13.9. The molecular weight excluding hydrogens is 326 g/mol. The summed E-state index contributed by atoms with van der Waals surface area (Å²) in [4.78, 5) is 0. The Morgan fingerprint density at radius 1 is 1.00 bits per heavy atom. The van der Waals surface area contributed by atoms with Crippen molar-refractivity contribution in [2.45, 2.75) is 103 Å². The lowest BCUT2D eigenvalue weighted by Gasteiger charge is -2.24. The Kier molecular flexibility index (Phi) is 14.9. The van der Waals surface area contributed by atoms with Gasteiger partial charge in [0, 0.05) is 28.3 Å². The van der Waals surface area contributed by atoms with Gasteiger partial charge in [-0.2, -0.15) is 0 Å². The maximum Gasteiger partial charge on any atom is 0.156 e. The van der Waals surface area contributed by atoms with Crippen molar-refractivity contribution in [3.8, 4) is 0 Å². The molecule has 0 radical (unpaired) electrons. The van der Waals surface area contributed by atoms with Crippen LogP contribution in [0.5, 0.6) is 0 Å². The van der Waals surface area contributed by atoms with Crippen LogP contribution < -0.4 is 5.32 Å². The molecule has 25 heavy (non-hydrogen) atoms. The summed E-state index contributed by atoms with van der Waals surface area (Å²) in [6.07, 6.45) is 12.2. The minimum atomic E-state index is -1.04. The van der Waals surface area contributed by atoms with Crippen LogP contribution in [-0.4, -0.2) is 41.2 Å². The predicted molar refractivity (Wildman–Crippen MR) is 114 cm³/mol. The van der Waals surface area contributed by atoms with Gasteiger partial charge in [-0.1, -0.05) is 63.9 Å². The highest BCUT2D eigenvalue weighted by atomic mass is 28.3. The fourth-order valence-corrected chi connectivity index (χ4v) is 5.00. The molecule has 0 aliphatic carbocycles. The van der Waals surface area contributed by atoms with E-state index in [0.717, 1.165) is 19.4 Å². The number of ether oxygens (including phenoxy) is 2. The smallest absolute Gasteiger partial charge is 0.156 e. The summed E-state index contributed by atoms with van der Waals surface area (Å²) >= 11 is 0. The molecule has 0 saturated heterocycles. The largest absolute Gasteiger partial charge is 0.356 e. The fraction of sp³-hybridized carbons (Fsp3) is 0.905. The molecule has 1 unspecified atom stereocenters. The summed E-state index contributed by atoms with van der Waals surface area (Å²) in [5.41, 5.74) is 1.65. The van der Waals surface area contributed by atoms with Gasteiger partial charge in [-0.05, 0) is 45.2 Å². The minimum Gasteiger partial charge on any atom is -0.356 e. The second-order valence-electron chi connectivity index (χ2n) is 8.43. The zero-order valence-corrected chi connectivity index (χ0v) is 19.1. The van der Waals surface area contributed by atoms with E-state index >= 15 is 0 Å². The molecule has 3 nitrogen and oxygen atoms in total. The Balaban J connectivity index is 4.43. The van der Waals surface area contributed by atoms with Gasteiger partial charge >= 0.3 is 0 Å². The molecule has 0 aliphatic heterocycles. The summed E-state index contributed by atoms with van der Waals surface area (Å²) in [7, 11) is 2.39. The van der Waals surface area contributed by atoms with Crippen molar-refractivity contribution in [1.82, 2.24) is 5.32 Å². The highest BCUT2D eigenvalue weighted by Gasteiger charge is 2.18. The first-order valence-corrected chi connectivity index (χ1v) is 14.0. The van der Waals surface area contributed by atoms with E-state index < -0.39 is 8.07 Å². The van der Waals surface area contributed by atoms with Crippen LogP contribution in [0.4, 0.5) is 0 Å². The van der Waals surface area contributed by atoms with Gasteiger partial charge in [-0.15, -0.1) is 0 Å². The first-order chi connectivity index (χ1) is 11.9. The Labute approximate surface area is 159 Å². The molecule has 0 heterocycles.